The van der Waals surface area contributed by atoms with Crippen LogP contribution >= 0.6 is 0 Å². The van der Waals surface area contributed by atoms with Crippen molar-refractivity contribution >= 4 is 23.5 Å². The molecular formula is C18H19N5O2. The van der Waals surface area contributed by atoms with E-state index in [1.54, 1.807) is 11.0 Å². The van der Waals surface area contributed by atoms with Crippen molar-refractivity contribution in [2.45, 2.75) is 25.7 Å². The normalized spacial score (nSPS) is 22.3. The number of hydrogen-bond acceptors (Lipinski definition) is 3. The molecule has 2 aliphatic heterocycles. The van der Waals surface area contributed by atoms with E-state index >= 15 is 0 Å². The zero-order valence-electron chi connectivity index (χ0n) is 14.0. The first-order chi connectivity index (χ1) is 12.1. The Labute approximate surface area is 145 Å². The van der Waals surface area contributed by atoms with Gasteiger partial charge in [0.15, 0.2) is 5.84 Å². The Bertz CT molecular complexity index is 805. The molecule has 3 amide bonds. The Kier molecular flexibility index (Phi) is 3.91. The van der Waals surface area contributed by atoms with Crippen LogP contribution in [0.4, 0.5) is 10.5 Å². The van der Waals surface area contributed by atoms with Crippen LogP contribution in [-0.4, -0.2) is 30.9 Å². The molecule has 2 heterocycles. The van der Waals surface area contributed by atoms with Crippen LogP contribution in [0.5, 0.6) is 0 Å². The lowest BCUT2D eigenvalue weighted by molar-refractivity contribution is -0.118. The topological polar surface area (TPSA) is 86.5 Å². The number of rotatable bonds is 4. The number of anilines is 1. The summed E-state index contributed by atoms with van der Waals surface area (Å²) in [5.41, 5.74) is 2.62. The van der Waals surface area contributed by atoms with E-state index in [0.29, 0.717) is 24.8 Å². The number of carbonyl (C=O) groups excluding carboxylic acids is 2. The molecule has 1 N–H and O–H groups in total. The first kappa shape index (κ1) is 15.7. The zero-order chi connectivity index (χ0) is 17.4. The highest BCUT2D eigenvalue weighted by Crippen LogP contribution is 2.38. The third-order valence-electron chi connectivity index (χ3n) is 4.70. The second kappa shape index (κ2) is 6.23. The number of amides is 3. The highest BCUT2D eigenvalue weighted by Gasteiger charge is 2.29. The van der Waals surface area contributed by atoms with Crippen molar-refractivity contribution in [2.75, 3.05) is 18.0 Å². The number of amidine groups is 1. The Morgan fingerprint density at radius 2 is 2.04 bits per heavy atom. The minimum Gasteiger partial charge on any atom is -0.336 e. The van der Waals surface area contributed by atoms with Gasteiger partial charge in [-0.15, -0.1) is 5.11 Å². The van der Waals surface area contributed by atoms with Crippen molar-refractivity contribution in [3.05, 3.63) is 41.6 Å². The third kappa shape index (κ3) is 3.22. The molecule has 1 unspecified atom stereocenters. The number of azo groups is 1. The lowest BCUT2D eigenvalue weighted by atomic mass is 10.00. The van der Waals surface area contributed by atoms with Gasteiger partial charge in [0.05, 0.1) is 11.6 Å². The van der Waals surface area contributed by atoms with Gasteiger partial charge in [0.2, 0.25) is 0 Å². The Morgan fingerprint density at radius 1 is 1.28 bits per heavy atom. The van der Waals surface area contributed by atoms with Crippen molar-refractivity contribution in [3.63, 3.8) is 0 Å². The second-order valence-electron chi connectivity index (χ2n) is 6.55. The standard InChI is InChI=1S/C18H19N5O2/c1-11(17(24)20-16-10-15(21-22-16)13-2-3-13)12-4-6-14(7-5-12)23-9-8-19-18(23)25/h4-7,10-11,13H,2-3,8-9H2,1H3,(H,19,25). The van der Waals surface area contributed by atoms with Crippen LogP contribution in [0.3, 0.4) is 0 Å². The molecule has 2 fully saturated rings. The van der Waals surface area contributed by atoms with Crippen molar-refractivity contribution in [2.24, 2.45) is 21.1 Å². The van der Waals surface area contributed by atoms with E-state index in [2.05, 4.69) is 20.5 Å². The van der Waals surface area contributed by atoms with Gasteiger partial charge in [0, 0.05) is 30.8 Å². The molecule has 1 atom stereocenters. The Morgan fingerprint density at radius 3 is 2.68 bits per heavy atom. The molecule has 1 saturated carbocycles. The molecule has 1 aromatic rings. The maximum atomic E-state index is 12.4. The molecule has 1 aliphatic carbocycles. The van der Waals surface area contributed by atoms with Gasteiger partial charge in [-0.3, -0.25) is 9.69 Å². The van der Waals surface area contributed by atoms with Crippen LogP contribution in [0, 0.1) is 5.92 Å². The number of nitrogens with one attached hydrogen (secondary N) is 1. The molecule has 7 nitrogen and oxygen atoms in total. The number of aliphatic imine (C=N–C) groups is 1. The summed E-state index contributed by atoms with van der Waals surface area (Å²) in [6.45, 7) is 3.13. The lowest BCUT2D eigenvalue weighted by Gasteiger charge is -2.15. The number of carbonyl (C=O) groups is 2. The van der Waals surface area contributed by atoms with Crippen molar-refractivity contribution < 1.29 is 9.59 Å². The molecule has 4 rings (SSSR count). The average Bonchev–Trinajstić information content (AvgIpc) is 3.22. The summed E-state index contributed by atoms with van der Waals surface area (Å²) >= 11 is 0. The molecule has 0 spiro atoms. The van der Waals surface area contributed by atoms with Gasteiger partial charge in [-0.1, -0.05) is 12.1 Å². The van der Waals surface area contributed by atoms with Gasteiger partial charge in [0.25, 0.3) is 5.91 Å². The van der Waals surface area contributed by atoms with Gasteiger partial charge in [-0.05, 0) is 37.5 Å². The predicted molar refractivity (Wildman–Crippen MR) is 93.7 cm³/mol. The van der Waals surface area contributed by atoms with Gasteiger partial charge in [0.1, 0.15) is 0 Å². The van der Waals surface area contributed by atoms with E-state index in [4.69, 9.17) is 0 Å². The molecule has 0 radical (unpaired) electrons. The molecule has 0 bridgehead atoms. The van der Waals surface area contributed by atoms with Crippen LogP contribution in [0.1, 0.15) is 31.2 Å². The number of allylic oxidation sites excluding steroid dienone is 1. The molecule has 7 heteroatoms. The fraction of sp³-hybridized carbons (Fsp3) is 0.389. The molecule has 25 heavy (non-hydrogen) atoms. The van der Waals surface area contributed by atoms with Gasteiger partial charge in [-0.2, -0.15) is 10.1 Å². The average molecular weight is 337 g/mol. The van der Waals surface area contributed by atoms with Crippen molar-refractivity contribution in [1.29, 1.82) is 0 Å². The highest BCUT2D eigenvalue weighted by molar-refractivity contribution is 6.04. The third-order valence-corrected chi connectivity index (χ3v) is 4.70. The summed E-state index contributed by atoms with van der Waals surface area (Å²) in [4.78, 5) is 29.9. The summed E-state index contributed by atoms with van der Waals surface area (Å²) < 4.78 is 0. The van der Waals surface area contributed by atoms with E-state index in [1.807, 2.05) is 31.2 Å². The summed E-state index contributed by atoms with van der Waals surface area (Å²) in [7, 11) is 0. The Balaban J connectivity index is 1.45. The molecule has 128 valence electrons. The minimum absolute atomic E-state index is 0.0897. The van der Waals surface area contributed by atoms with Crippen LogP contribution in [-0.2, 0) is 4.79 Å². The largest absolute Gasteiger partial charge is 0.336 e. The minimum atomic E-state index is -0.373. The quantitative estimate of drug-likeness (QED) is 0.915. The smallest absolute Gasteiger partial charge is 0.321 e. The zero-order valence-corrected chi connectivity index (χ0v) is 14.0. The number of benzene rings is 1. The monoisotopic (exact) mass is 337 g/mol. The van der Waals surface area contributed by atoms with Gasteiger partial charge < -0.3 is 5.32 Å². The number of urea groups is 1. The second-order valence-corrected chi connectivity index (χ2v) is 6.55. The van der Waals surface area contributed by atoms with Crippen LogP contribution < -0.4 is 10.2 Å². The van der Waals surface area contributed by atoms with Crippen LogP contribution in [0.2, 0.25) is 0 Å². The molecular weight excluding hydrogens is 318 g/mol. The van der Waals surface area contributed by atoms with Crippen molar-refractivity contribution in [1.82, 2.24) is 5.32 Å². The fourth-order valence-electron chi connectivity index (χ4n) is 2.95. The summed E-state index contributed by atoms with van der Waals surface area (Å²) in [6, 6.07) is 7.36. The van der Waals surface area contributed by atoms with Crippen molar-refractivity contribution in [3.8, 4) is 0 Å². The SMILES string of the molecule is CC(C(=O)N=C1C=C(C2CC2)N=N1)c1ccc(N2CCNC2=O)cc1. The van der Waals surface area contributed by atoms with E-state index < -0.39 is 0 Å². The van der Waals surface area contributed by atoms with Crippen LogP contribution in [0.25, 0.3) is 0 Å². The molecule has 1 saturated heterocycles. The van der Waals surface area contributed by atoms with Crippen LogP contribution in [0.15, 0.2) is 51.3 Å². The Hall–Kier alpha value is -2.83. The predicted octanol–water partition coefficient (Wildman–Crippen LogP) is 3.00. The molecule has 1 aromatic carbocycles. The highest BCUT2D eigenvalue weighted by atomic mass is 16.2. The first-order valence-electron chi connectivity index (χ1n) is 8.53. The van der Waals surface area contributed by atoms with Gasteiger partial charge in [-0.25, -0.2) is 4.79 Å². The van der Waals surface area contributed by atoms with E-state index in [0.717, 1.165) is 29.8 Å². The van der Waals surface area contributed by atoms with E-state index in [1.165, 1.54) is 0 Å². The van der Waals surface area contributed by atoms with E-state index in [9.17, 15) is 9.59 Å². The summed E-state index contributed by atoms with van der Waals surface area (Å²) in [6.07, 6.45) is 4.09. The van der Waals surface area contributed by atoms with Gasteiger partial charge >= 0.3 is 6.03 Å². The number of hydrogen-bond donors (Lipinski definition) is 1. The maximum Gasteiger partial charge on any atom is 0.321 e. The lowest BCUT2D eigenvalue weighted by Crippen LogP contribution is -2.27. The fourth-order valence-corrected chi connectivity index (χ4v) is 2.95. The summed E-state index contributed by atoms with van der Waals surface area (Å²) in [5.74, 6) is 0.278. The van der Waals surface area contributed by atoms with E-state index in [-0.39, 0.29) is 17.9 Å². The molecule has 3 aliphatic rings. The summed E-state index contributed by atoms with van der Waals surface area (Å²) in [5, 5.41) is 10.8. The molecule has 0 aromatic heterocycles. The number of nitrogens with zero attached hydrogens (tertiary/aromatic N) is 4. The first-order valence-corrected chi connectivity index (χ1v) is 8.53. The maximum absolute atomic E-state index is 12.4.